The van der Waals surface area contributed by atoms with Crippen LogP contribution in [0.4, 0.5) is 5.69 Å². The zero-order valence-corrected chi connectivity index (χ0v) is 21.8. The molecule has 7 heteroatoms. The van der Waals surface area contributed by atoms with E-state index in [1.54, 1.807) is 24.3 Å². The van der Waals surface area contributed by atoms with Gasteiger partial charge in [0.2, 0.25) is 10.0 Å². The lowest BCUT2D eigenvalue weighted by Gasteiger charge is -2.25. The van der Waals surface area contributed by atoms with E-state index < -0.39 is 10.0 Å². The fourth-order valence-corrected chi connectivity index (χ4v) is 4.81. The molecule has 3 aromatic rings. The second kappa shape index (κ2) is 10.9. The fraction of sp³-hybridized carbons (Fsp3) is 0.286. The Morgan fingerprint density at radius 1 is 0.943 bits per heavy atom. The van der Waals surface area contributed by atoms with E-state index in [4.69, 9.17) is 0 Å². The normalized spacial score (nSPS) is 12.3. The number of rotatable bonds is 9. The molecule has 0 fully saturated rings. The summed E-state index contributed by atoms with van der Waals surface area (Å²) < 4.78 is 26.2. The standard InChI is InChI=1S/C28H33N3O3S/c1-21-11-13-23(14-12-21)20-31(35(5,33)34)26-17-15-24(16-18-26)27(32)30-29-22(2)19-28(3,4)25-9-7-6-8-10-25/h6-18H,19-20H2,1-5H3,(H,30,32)/b29-22-. The summed E-state index contributed by atoms with van der Waals surface area (Å²) in [5, 5.41) is 4.28. The zero-order valence-electron chi connectivity index (χ0n) is 20.9. The summed E-state index contributed by atoms with van der Waals surface area (Å²) in [6, 6.07) is 24.4. The van der Waals surface area contributed by atoms with Gasteiger partial charge in [0.15, 0.2) is 0 Å². The van der Waals surface area contributed by atoms with Gasteiger partial charge in [-0.3, -0.25) is 9.10 Å². The lowest BCUT2D eigenvalue weighted by molar-refractivity contribution is 0.0954. The van der Waals surface area contributed by atoms with Crippen LogP contribution in [0.1, 0.15) is 54.2 Å². The SMILES string of the molecule is C/C(CC(C)(C)c1ccccc1)=N/NC(=O)c1ccc(N(Cc2ccc(C)cc2)S(C)(=O)=O)cc1. The Balaban J connectivity index is 1.68. The number of anilines is 1. The average Bonchev–Trinajstić information content (AvgIpc) is 2.82. The molecule has 1 amide bonds. The third-order valence-corrected chi connectivity index (χ3v) is 7.01. The van der Waals surface area contributed by atoms with Gasteiger partial charge in [-0.2, -0.15) is 5.10 Å². The monoisotopic (exact) mass is 491 g/mol. The van der Waals surface area contributed by atoms with Gasteiger partial charge in [0.1, 0.15) is 0 Å². The van der Waals surface area contributed by atoms with E-state index in [-0.39, 0.29) is 17.9 Å². The number of hydrogen-bond donors (Lipinski definition) is 1. The van der Waals surface area contributed by atoms with E-state index >= 15 is 0 Å². The third-order valence-electron chi connectivity index (χ3n) is 5.87. The number of benzene rings is 3. The van der Waals surface area contributed by atoms with Gasteiger partial charge in [-0.05, 0) is 61.1 Å². The van der Waals surface area contributed by atoms with Crippen molar-refractivity contribution in [3.8, 4) is 0 Å². The summed E-state index contributed by atoms with van der Waals surface area (Å²) in [5.74, 6) is -0.349. The van der Waals surface area contributed by atoms with Gasteiger partial charge in [-0.25, -0.2) is 13.8 Å². The van der Waals surface area contributed by atoms with Crippen LogP contribution < -0.4 is 9.73 Å². The van der Waals surface area contributed by atoms with Gasteiger partial charge in [0, 0.05) is 11.3 Å². The first-order valence-electron chi connectivity index (χ1n) is 11.5. The molecule has 0 saturated heterocycles. The van der Waals surface area contributed by atoms with Gasteiger partial charge in [0.05, 0.1) is 18.5 Å². The number of hydrogen-bond acceptors (Lipinski definition) is 4. The van der Waals surface area contributed by atoms with E-state index in [9.17, 15) is 13.2 Å². The van der Waals surface area contributed by atoms with Crippen molar-refractivity contribution in [1.82, 2.24) is 5.43 Å². The Hall–Kier alpha value is -3.45. The van der Waals surface area contributed by atoms with Crippen LogP contribution in [-0.4, -0.2) is 26.3 Å². The highest BCUT2D eigenvalue weighted by molar-refractivity contribution is 7.92. The van der Waals surface area contributed by atoms with E-state index in [0.717, 1.165) is 16.8 Å². The second-order valence-electron chi connectivity index (χ2n) is 9.52. The Morgan fingerprint density at radius 3 is 2.11 bits per heavy atom. The Morgan fingerprint density at radius 2 is 1.54 bits per heavy atom. The highest BCUT2D eigenvalue weighted by atomic mass is 32.2. The number of aryl methyl sites for hydroxylation is 1. The Bertz CT molecular complexity index is 1280. The van der Waals surface area contributed by atoms with Crippen LogP contribution >= 0.6 is 0 Å². The first-order chi connectivity index (χ1) is 16.5. The molecule has 0 atom stereocenters. The maximum absolute atomic E-state index is 12.6. The average molecular weight is 492 g/mol. The molecular formula is C28H33N3O3S. The molecule has 3 rings (SSSR count). The van der Waals surface area contributed by atoms with Crippen LogP contribution in [0.5, 0.6) is 0 Å². The number of sulfonamides is 1. The molecule has 0 spiro atoms. The maximum Gasteiger partial charge on any atom is 0.271 e. The molecule has 0 radical (unpaired) electrons. The van der Waals surface area contributed by atoms with Gasteiger partial charge >= 0.3 is 0 Å². The molecule has 0 aliphatic carbocycles. The molecule has 3 aromatic carbocycles. The molecule has 35 heavy (non-hydrogen) atoms. The highest BCUT2D eigenvalue weighted by Gasteiger charge is 2.22. The zero-order chi connectivity index (χ0) is 25.6. The van der Waals surface area contributed by atoms with Gasteiger partial charge in [0.25, 0.3) is 5.91 Å². The van der Waals surface area contributed by atoms with Crippen molar-refractivity contribution in [1.29, 1.82) is 0 Å². The summed E-state index contributed by atoms with van der Waals surface area (Å²) >= 11 is 0. The molecule has 0 aliphatic heterocycles. The van der Waals surface area contributed by atoms with Crippen molar-refractivity contribution in [3.63, 3.8) is 0 Å². The molecule has 0 saturated carbocycles. The van der Waals surface area contributed by atoms with Gasteiger partial charge < -0.3 is 0 Å². The molecule has 0 aliphatic rings. The topological polar surface area (TPSA) is 78.8 Å². The van der Waals surface area contributed by atoms with Crippen LogP contribution in [0.15, 0.2) is 84.0 Å². The first-order valence-corrected chi connectivity index (χ1v) is 13.3. The van der Waals surface area contributed by atoms with Crippen molar-refractivity contribution >= 4 is 27.3 Å². The van der Waals surface area contributed by atoms with Crippen molar-refractivity contribution in [3.05, 3.63) is 101 Å². The summed E-state index contributed by atoms with van der Waals surface area (Å²) in [4.78, 5) is 12.6. The van der Waals surface area contributed by atoms with Gasteiger partial charge in [-0.1, -0.05) is 74.0 Å². The molecule has 0 heterocycles. The van der Waals surface area contributed by atoms with E-state index in [1.165, 1.54) is 16.1 Å². The van der Waals surface area contributed by atoms with Crippen molar-refractivity contribution in [2.75, 3.05) is 10.6 Å². The predicted molar refractivity (Wildman–Crippen MR) is 143 cm³/mol. The lowest BCUT2D eigenvalue weighted by atomic mass is 9.80. The number of nitrogens with one attached hydrogen (secondary N) is 1. The fourth-order valence-electron chi connectivity index (χ4n) is 3.92. The summed E-state index contributed by atoms with van der Waals surface area (Å²) in [7, 11) is -3.51. The maximum atomic E-state index is 12.6. The van der Waals surface area contributed by atoms with Gasteiger partial charge in [-0.15, -0.1) is 0 Å². The van der Waals surface area contributed by atoms with Crippen molar-refractivity contribution in [2.45, 2.75) is 46.1 Å². The minimum Gasteiger partial charge on any atom is -0.267 e. The molecule has 1 N–H and O–H groups in total. The predicted octanol–water partition coefficient (Wildman–Crippen LogP) is 5.43. The Kier molecular flexibility index (Phi) is 8.12. The number of nitrogens with zero attached hydrogens (tertiary/aromatic N) is 2. The van der Waals surface area contributed by atoms with Crippen LogP contribution in [0.2, 0.25) is 0 Å². The summed E-state index contributed by atoms with van der Waals surface area (Å²) in [6.45, 7) is 8.38. The van der Waals surface area contributed by atoms with Crippen LogP contribution in [-0.2, 0) is 22.0 Å². The van der Waals surface area contributed by atoms with Crippen molar-refractivity contribution in [2.24, 2.45) is 5.10 Å². The third kappa shape index (κ3) is 7.26. The molecule has 0 aromatic heterocycles. The first kappa shape index (κ1) is 26.2. The smallest absolute Gasteiger partial charge is 0.267 e. The van der Waals surface area contributed by atoms with E-state index in [2.05, 4.69) is 36.5 Å². The number of amides is 1. The highest BCUT2D eigenvalue weighted by Crippen LogP contribution is 2.27. The molecule has 0 unspecified atom stereocenters. The number of carbonyl (C=O) groups is 1. The van der Waals surface area contributed by atoms with E-state index in [0.29, 0.717) is 17.7 Å². The molecule has 6 nitrogen and oxygen atoms in total. The molecule has 0 bridgehead atoms. The van der Waals surface area contributed by atoms with Crippen LogP contribution in [0.3, 0.4) is 0 Å². The van der Waals surface area contributed by atoms with Crippen LogP contribution in [0.25, 0.3) is 0 Å². The second-order valence-corrected chi connectivity index (χ2v) is 11.4. The minimum absolute atomic E-state index is 0.117. The lowest BCUT2D eigenvalue weighted by Crippen LogP contribution is -2.29. The quantitative estimate of drug-likeness (QED) is 0.320. The van der Waals surface area contributed by atoms with E-state index in [1.807, 2.05) is 56.3 Å². The summed E-state index contributed by atoms with van der Waals surface area (Å²) in [6.07, 6.45) is 1.87. The summed E-state index contributed by atoms with van der Waals surface area (Å²) in [5.41, 5.74) is 7.40. The Labute approximate surface area is 208 Å². The molecular weight excluding hydrogens is 458 g/mol. The molecule has 184 valence electrons. The minimum atomic E-state index is -3.51. The number of hydrazone groups is 1. The van der Waals surface area contributed by atoms with Crippen LogP contribution in [0, 0.1) is 6.92 Å². The van der Waals surface area contributed by atoms with Crippen molar-refractivity contribution < 1.29 is 13.2 Å². The number of carbonyl (C=O) groups excluding carboxylic acids is 1. The largest absolute Gasteiger partial charge is 0.271 e.